The molecule has 0 spiro atoms. The molecular formula is C16H26BrNO. The molecule has 0 aliphatic rings. The van der Waals surface area contributed by atoms with Gasteiger partial charge in [-0.1, -0.05) is 49.5 Å². The smallest absolute Gasteiger partial charge is 0.119 e. The Morgan fingerprint density at radius 1 is 1.21 bits per heavy atom. The first-order chi connectivity index (χ1) is 9.21. The van der Waals surface area contributed by atoms with Crippen LogP contribution in [0.4, 0.5) is 0 Å². The van der Waals surface area contributed by atoms with E-state index < -0.39 is 0 Å². The Labute approximate surface area is 126 Å². The average Bonchev–Trinajstić information content (AvgIpc) is 2.43. The summed E-state index contributed by atoms with van der Waals surface area (Å²) in [6.07, 6.45) is 3.51. The van der Waals surface area contributed by atoms with Crippen molar-refractivity contribution in [3.05, 3.63) is 28.2 Å². The van der Waals surface area contributed by atoms with Crippen LogP contribution < -0.4 is 10.1 Å². The number of benzene rings is 1. The van der Waals surface area contributed by atoms with Gasteiger partial charge in [-0.3, -0.25) is 0 Å². The molecular weight excluding hydrogens is 302 g/mol. The van der Waals surface area contributed by atoms with Crippen LogP contribution in [0.3, 0.4) is 0 Å². The van der Waals surface area contributed by atoms with E-state index in [0.717, 1.165) is 36.3 Å². The fourth-order valence-corrected chi connectivity index (χ4v) is 2.30. The van der Waals surface area contributed by atoms with Crippen LogP contribution in [0.1, 0.15) is 45.6 Å². The number of nitrogens with one attached hydrogen (secondary N) is 1. The fraction of sp³-hybridized carbons (Fsp3) is 0.625. The maximum Gasteiger partial charge on any atom is 0.119 e. The molecule has 0 saturated carbocycles. The molecule has 0 amide bonds. The monoisotopic (exact) mass is 327 g/mol. The van der Waals surface area contributed by atoms with E-state index in [1.54, 1.807) is 0 Å². The highest BCUT2D eigenvalue weighted by Crippen LogP contribution is 2.23. The summed E-state index contributed by atoms with van der Waals surface area (Å²) < 4.78 is 7.05. The van der Waals surface area contributed by atoms with E-state index in [1.807, 2.05) is 6.07 Å². The zero-order valence-corrected chi connectivity index (χ0v) is 13.9. The summed E-state index contributed by atoms with van der Waals surface area (Å²) in [6.45, 7) is 9.37. The minimum absolute atomic E-state index is 0.658. The number of hydrogen-bond acceptors (Lipinski definition) is 2. The van der Waals surface area contributed by atoms with Gasteiger partial charge in [0.25, 0.3) is 0 Å². The van der Waals surface area contributed by atoms with E-state index in [2.05, 4.69) is 54.2 Å². The molecule has 0 aliphatic carbocycles. The lowest BCUT2D eigenvalue weighted by atomic mass is 10.1. The van der Waals surface area contributed by atoms with E-state index in [0.29, 0.717) is 5.92 Å². The van der Waals surface area contributed by atoms with Gasteiger partial charge in [-0.05, 0) is 42.6 Å². The van der Waals surface area contributed by atoms with Crippen molar-refractivity contribution >= 4 is 15.9 Å². The molecule has 0 aliphatic heterocycles. The van der Waals surface area contributed by atoms with Crippen LogP contribution in [0.15, 0.2) is 22.7 Å². The molecule has 3 heteroatoms. The Morgan fingerprint density at radius 3 is 2.58 bits per heavy atom. The molecule has 1 aromatic carbocycles. The number of hydrogen-bond donors (Lipinski definition) is 1. The van der Waals surface area contributed by atoms with Gasteiger partial charge in [0, 0.05) is 11.0 Å². The first-order valence-electron chi connectivity index (χ1n) is 7.33. The van der Waals surface area contributed by atoms with Gasteiger partial charge in [0.1, 0.15) is 5.75 Å². The molecule has 19 heavy (non-hydrogen) atoms. The standard InChI is InChI=1S/C16H26BrNO/c1-4-9-18-11-14-10-15(7-8-16(14)17)19-12-13(5-2)6-3/h7-8,10,13,18H,4-6,9,11-12H2,1-3H3. The lowest BCUT2D eigenvalue weighted by molar-refractivity contribution is 0.240. The average molecular weight is 328 g/mol. The zero-order chi connectivity index (χ0) is 14.1. The third-order valence-electron chi connectivity index (χ3n) is 3.40. The number of halogens is 1. The summed E-state index contributed by atoms with van der Waals surface area (Å²) in [5.41, 5.74) is 1.26. The van der Waals surface area contributed by atoms with Crippen LogP contribution in [0, 0.1) is 5.92 Å². The molecule has 0 bridgehead atoms. The normalized spacial score (nSPS) is 11.0. The third kappa shape index (κ3) is 5.96. The Morgan fingerprint density at radius 2 is 1.95 bits per heavy atom. The predicted octanol–water partition coefficient (Wildman–Crippen LogP) is 4.76. The highest BCUT2D eigenvalue weighted by atomic mass is 79.9. The van der Waals surface area contributed by atoms with Gasteiger partial charge in [0.15, 0.2) is 0 Å². The van der Waals surface area contributed by atoms with Crippen molar-refractivity contribution in [1.82, 2.24) is 5.32 Å². The predicted molar refractivity (Wildman–Crippen MR) is 85.7 cm³/mol. The summed E-state index contributed by atoms with van der Waals surface area (Å²) in [6, 6.07) is 6.25. The Hall–Kier alpha value is -0.540. The zero-order valence-electron chi connectivity index (χ0n) is 12.3. The van der Waals surface area contributed by atoms with Crippen molar-refractivity contribution in [2.45, 2.75) is 46.6 Å². The lowest BCUT2D eigenvalue weighted by Gasteiger charge is -2.15. The van der Waals surface area contributed by atoms with Crippen molar-refractivity contribution < 1.29 is 4.74 Å². The van der Waals surface area contributed by atoms with Gasteiger partial charge < -0.3 is 10.1 Å². The van der Waals surface area contributed by atoms with Crippen LogP contribution in [0.5, 0.6) is 5.75 Å². The molecule has 0 fully saturated rings. The molecule has 1 N–H and O–H groups in total. The lowest BCUT2D eigenvalue weighted by Crippen LogP contribution is -2.14. The second-order valence-corrected chi connectivity index (χ2v) is 5.78. The summed E-state index contributed by atoms with van der Waals surface area (Å²) in [5, 5.41) is 3.42. The minimum atomic E-state index is 0.658. The van der Waals surface area contributed by atoms with E-state index in [1.165, 1.54) is 18.4 Å². The molecule has 0 aromatic heterocycles. The van der Waals surface area contributed by atoms with Gasteiger partial charge in [0.05, 0.1) is 6.61 Å². The molecule has 0 unspecified atom stereocenters. The molecule has 0 heterocycles. The van der Waals surface area contributed by atoms with Crippen molar-refractivity contribution in [3.63, 3.8) is 0 Å². The van der Waals surface area contributed by atoms with Crippen molar-refractivity contribution in [2.24, 2.45) is 5.92 Å². The molecule has 0 atom stereocenters. The molecule has 2 nitrogen and oxygen atoms in total. The first-order valence-corrected chi connectivity index (χ1v) is 8.12. The van der Waals surface area contributed by atoms with E-state index in [4.69, 9.17) is 4.74 Å². The number of ether oxygens (including phenoxy) is 1. The van der Waals surface area contributed by atoms with Crippen molar-refractivity contribution in [3.8, 4) is 5.75 Å². The summed E-state index contributed by atoms with van der Waals surface area (Å²) in [7, 11) is 0. The van der Waals surface area contributed by atoms with Crippen LogP contribution in [-0.4, -0.2) is 13.2 Å². The first kappa shape index (κ1) is 16.5. The Kier molecular flexibility index (Phi) is 8.15. The maximum atomic E-state index is 5.90. The van der Waals surface area contributed by atoms with E-state index >= 15 is 0 Å². The molecule has 0 saturated heterocycles. The SMILES string of the molecule is CCCNCc1cc(OCC(CC)CC)ccc1Br. The van der Waals surface area contributed by atoms with Gasteiger partial charge in [-0.2, -0.15) is 0 Å². The number of rotatable bonds is 9. The van der Waals surface area contributed by atoms with Gasteiger partial charge in [-0.25, -0.2) is 0 Å². The third-order valence-corrected chi connectivity index (χ3v) is 4.17. The Balaban J connectivity index is 2.57. The van der Waals surface area contributed by atoms with E-state index in [-0.39, 0.29) is 0 Å². The van der Waals surface area contributed by atoms with E-state index in [9.17, 15) is 0 Å². The maximum absolute atomic E-state index is 5.90. The topological polar surface area (TPSA) is 21.3 Å². The second kappa shape index (κ2) is 9.38. The summed E-state index contributed by atoms with van der Waals surface area (Å²) >= 11 is 3.59. The summed E-state index contributed by atoms with van der Waals surface area (Å²) in [4.78, 5) is 0. The van der Waals surface area contributed by atoms with Crippen molar-refractivity contribution in [1.29, 1.82) is 0 Å². The fourth-order valence-electron chi connectivity index (χ4n) is 1.91. The summed E-state index contributed by atoms with van der Waals surface area (Å²) in [5.74, 6) is 1.63. The highest BCUT2D eigenvalue weighted by molar-refractivity contribution is 9.10. The van der Waals surface area contributed by atoms with Crippen LogP contribution >= 0.6 is 15.9 Å². The van der Waals surface area contributed by atoms with Gasteiger partial charge in [0.2, 0.25) is 0 Å². The molecule has 1 rings (SSSR count). The second-order valence-electron chi connectivity index (χ2n) is 4.92. The Bertz CT molecular complexity index is 364. The molecule has 1 aromatic rings. The van der Waals surface area contributed by atoms with Gasteiger partial charge in [-0.15, -0.1) is 0 Å². The van der Waals surface area contributed by atoms with Crippen molar-refractivity contribution in [2.75, 3.05) is 13.2 Å². The minimum Gasteiger partial charge on any atom is -0.493 e. The van der Waals surface area contributed by atoms with Gasteiger partial charge >= 0.3 is 0 Å². The van der Waals surface area contributed by atoms with Crippen LogP contribution in [-0.2, 0) is 6.54 Å². The van der Waals surface area contributed by atoms with Crippen LogP contribution in [0.25, 0.3) is 0 Å². The molecule has 108 valence electrons. The highest BCUT2D eigenvalue weighted by Gasteiger charge is 2.06. The van der Waals surface area contributed by atoms with Crippen LogP contribution in [0.2, 0.25) is 0 Å². The quantitative estimate of drug-likeness (QED) is 0.660. The molecule has 0 radical (unpaired) electrons. The largest absolute Gasteiger partial charge is 0.493 e.